The van der Waals surface area contributed by atoms with Crippen LogP contribution in [0.3, 0.4) is 0 Å². The molecule has 0 aliphatic carbocycles. The van der Waals surface area contributed by atoms with Crippen LogP contribution in [0.1, 0.15) is 0 Å². The number of hydrogen-bond donors (Lipinski definition) is 0. The third-order valence-corrected chi connectivity index (χ3v) is 6.99. The molecule has 0 amide bonds. The first-order valence-corrected chi connectivity index (χ1v) is 7.66. The zero-order chi connectivity index (χ0) is 8.27. The average molecular weight is 352 g/mol. The maximum atomic E-state index is 5.05. The van der Waals surface area contributed by atoms with Crippen molar-refractivity contribution in [1.82, 2.24) is 0 Å². The Bertz CT molecular complexity index is 276. The van der Waals surface area contributed by atoms with E-state index in [2.05, 4.69) is 31.9 Å². The van der Waals surface area contributed by atoms with Crippen LogP contribution < -0.4 is 0 Å². The monoisotopic (exact) mass is 350 g/mol. The zero-order valence-electron chi connectivity index (χ0n) is 5.30. The minimum absolute atomic E-state index is 0.994. The van der Waals surface area contributed by atoms with Crippen molar-refractivity contribution in [2.75, 3.05) is 11.1 Å². The number of hydrogen-bond acceptors (Lipinski definition) is 4. The lowest BCUT2D eigenvalue weighted by Crippen LogP contribution is -1.74. The van der Waals surface area contributed by atoms with Crippen molar-refractivity contribution in [3.8, 4) is 0 Å². The summed E-state index contributed by atoms with van der Waals surface area (Å²) >= 11 is 17.1. The van der Waals surface area contributed by atoms with Gasteiger partial charge in [-0.15, -0.1) is 34.4 Å². The lowest BCUT2D eigenvalue weighted by atomic mass is 11.0. The van der Waals surface area contributed by atoms with Gasteiger partial charge in [-0.3, -0.25) is 0 Å². The van der Waals surface area contributed by atoms with E-state index in [1.54, 1.807) is 22.7 Å². The normalized spacial score (nSPS) is 10.4. The molecule has 0 unspecified atom stereocenters. The molecular weight excluding hydrogens is 348 g/mol. The molecule has 0 atom stereocenters. The van der Waals surface area contributed by atoms with Gasteiger partial charge in [-0.2, -0.15) is 0 Å². The fraction of sp³-hybridized carbons (Fsp3) is 0.400. The van der Waals surface area contributed by atoms with E-state index < -0.39 is 0 Å². The lowest BCUT2D eigenvalue weighted by molar-refractivity contribution is 1.56. The molecule has 0 nitrogen and oxygen atoms in total. The first kappa shape index (κ1) is 10.7. The molecule has 1 aromatic rings. The Kier molecular flexibility index (Phi) is 5.17. The third-order valence-electron chi connectivity index (χ3n) is 0.820. The van der Waals surface area contributed by atoms with Gasteiger partial charge in [0.1, 0.15) is 3.14 Å². The van der Waals surface area contributed by atoms with E-state index in [1.807, 2.05) is 11.8 Å². The highest BCUT2D eigenvalue weighted by molar-refractivity contribution is 9.11. The summed E-state index contributed by atoms with van der Waals surface area (Å²) in [6.07, 6.45) is 0. The van der Waals surface area contributed by atoms with E-state index in [-0.39, 0.29) is 0 Å². The van der Waals surface area contributed by atoms with Crippen molar-refractivity contribution in [2.24, 2.45) is 0 Å². The van der Waals surface area contributed by atoms with Crippen LogP contribution in [0, 0.1) is 3.14 Å². The molecular formula is C5H4Br2S4. The molecule has 0 radical (unpaired) electrons. The molecule has 0 saturated heterocycles. The smallest absolute Gasteiger partial charge is 0.113 e. The van der Waals surface area contributed by atoms with Crippen molar-refractivity contribution in [3.05, 3.63) is 6.92 Å². The van der Waals surface area contributed by atoms with Crippen molar-refractivity contribution in [3.63, 3.8) is 0 Å². The summed E-state index contributed by atoms with van der Waals surface area (Å²) < 4.78 is 3.48. The summed E-state index contributed by atoms with van der Waals surface area (Å²) in [5, 5.41) is 1.03. The van der Waals surface area contributed by atoms with Gasteiger partial charge < -0.3 is 0 Å². The lowest BCUT2D eigenvalue weighted by Gasteiger charge is -1.92. The van der Waals surface area contributed by atoms with Crippen LogP contribution in [0.5, 0.6) is 0 Å². The zero-order valence-corrected chi connectivity index (χ0v) is 11.7. The molecule has 1 aromatic heterocycles. The molecule has 1 rings (SSSR count). The summed E-state index contributed by atoms with van der Waals surface area (Å²) in [5.74, 6) is 1.10. The van der Waals surface area contributed by atoms with Crippen LogP contribution >= 0.6 is 78.5 Å². The second kappa shape index (κ2) is 5.34. The summed E-state index contributed by atoms with van der Waals surface area (Å²) in [6, 6.07) is 0. The van der Waals surface area contributed by atoms with Crippen LogP contribution in [-0.4, -0.2) is 11.1 Å². The average Bonchev–Trinajstić information content (AvgIpc) is 2.26. The molecule has 0 N–H and O–H groups in total. The van der Waals surface area contributed by atoms with Crippen LogP contribution in [0.15, 0.2) is 8.00 Å². The van der Waals surface area contributed by atoms with Gasteiger partial charge in [0, 0.05) is 11.1 Å². The Balaban J connectivity index is 2.69. The molecule has 0 aliphatic heterocycles. The summed E-state index contributed by atoms with van der Waals surface area (Å²) in [4.78, 5) is 0. The molecule has 0 aliphatic rings. The van der Waals surface area contributed by atoms with E-state index in [0.717, 1.165) is 14.2 Å². The molecule has 0 fully saturated rings. The van der Waals surface area contributed by atoms with Crippen molar-refractivity contribution < 1.29 is 0 Å². The molecule has 0 saturated carbocycles. The maximum absolute atomic E-state index is 5.05. The van der Waals surface area contributed by atoms with Crippen molar-refractivity contribution in [2.45, 2.75) is 4.21 Å². The molecule has 11 heavy (non-hydrogen) atoms. The third kappa shape index (κ3) is 3.44. The second-order valence-corrected chi connectivity index (χ2v) is 8.25. The number of alkyl halides is 1. The van der Waals surface area contributed by atoms with Gasteiger partial charge in [0.15, 0.2) is 0 Å². The minimum atomic E-state index is 0.994. The van der Waals surface area contributed by atoms with Gasteiger partial charge in [0.25, 0.3) is 0 Å². The largest absolute Gasteiger partial charge is 0.145 e. The van der Waals surface area contributed by atoms with Gasteiger partial charge in [-0.05, 0) is 15.9 Å². The minimum Gasteiger partial charge on any atom is -0.113 e. The Labute approximate surface area is 99.7 Å². The van der Waals surface area contributed by atoms with E-state index in [0.29, 0.717) is 0 Å². The molecule has 6 heteroatoms. The Hall–Kier alpha value is 1.58. The molecule has 1 heterocycles. The van der Waals surface area contributed by atoms with E-state index in [1.165, 1.54) is 8.00 Å². The van der Waals surface area contributed by atoms with E-state index in [9.17, 15) is 0 Å². The first-order chi connectivity index (χ1) is 5.24. The fourth-order valence-electron chi connectivity index (χ4n) is 0.469. The van der Waals surface area contributed by atoms with Crippen LogP contribution in [0.2, 0.25) is 0 Å². The van der Waals surface area contributed by atoms with Gasteiger partial charge in [0.05, 0.1) is 8.00 Å². The Morgan fingerprint density at radius 1 is 1.45 bits per heavy atom. The predicted molar refractivity (Wildman–Crippen MR) is 65.2 cm³/mol. The van der Waals surface area contributed by atoms with Gasteiger partial charge in [0.2, 0.25) is 0 Å². The fourth-order valence-corrected chi connectivity index (χ4v) is 6.28. The first-order valence-electron chi connectivity index (χ1n) is 2.72. The SMILES string of the molecule is S=c1sc(Br)c(SCCBr)s1. The van der Waals surface area contributed by atoms with Crippen LogP contribution in [0.4, 0.5) is 0 Å². The highest BCUT2D eigenvalue weighted by atomic mass is 79.9. The second-order valence-electron chi connectivity index (χ2n) is 1.55. The molecule has 0 bridgehead atoms. The topological polar surface area (TPSA) is 0 Å². The number of rotatable bonds is 3. The number of halogens is 2. The summed E-state index contributed by atoms with van der Waals surface area (Å²) in [7, 11) is 0. The summed E-state index contributed by atoms with van der Waals surface area (Å²) in [6.45, 7) is 0. The maximum Gasteiger partial charge on any atom is 0.145 e. The van der Waals surface area contributed by atoms with E-state index >= 15 is 0 Å². The van der Waals surface area contributed by atoms with E-state index in [4.69, 9.17) is 12.2 Å². The van der Waals surface area contributed by atoms with Crippen LogP contribution in [0.25, 0.3) is 0 Å². The summed E-state index contributed by atoms with van der Waals surface area (Å²) in [5.41, 5.74) is 0. The Morgan fingerprint density at radius 2 is 2.18 bits per heavy atom. The highest BCUT2D eigenvalue weighted by Gasteiger charge is 2.03. The molecule has 0 spiro atoms. The highest BCUT2D eigenvalue weighted by Crippen LogP contribution is 2.37. The van der Waals surface area contributed by atoms with Gasteiger partial charge in [-0.25, -0.2) is 0 Å². The molecule has 0 aromatic carbocycles. The van der Waals surface area contributed by atoms with Gasteiger partial charge in [-0.1, -0.05) is 28.1 Å². The van der Waals surface area contributed by atoms with Crippen molar-refractivity contribution >= 4 is 78.5 Å². The Morgan fingerprint density at radius 3 is 2.64 bits per heavy atom. The number of thioether (sulfide) groups is 1. The quantitative estimate of drug-likeness (QED) is 0.436. The van der Waals surface area contributed by atoms with Crippen LogP contribution in [-0.2, 0) is 0 Å². The molecule has 62 valence electrons. The van der Waals surface area contributed by atoms with Crippen molar-refractivity contribution in [1.29, 1.82) is 0 Å². The standard InChI is InChI=1S/C5H4Br2S4/c6-1-2-9-4-3(7)10-5(8)11-4/h1-2H2. The van der Waals surface area contributed by atoms with Gasteiger partial charge >= 0.3 is 0 Å². The predicted octanol–water partition coefficient (Wildman–Crippen LogP) is 4.79.